The molecule has 0 bridgehead atoms. The first-order chi connectivity index (χ1) is 10.7. The number of hydrogen-bond donors (Lipinski definition) is 1. The van der Waals surface area contributed by atoms with Crippen molar-refractivity contribution in [2.24, 2.45) is 0 Å². The lowest BCUT2D eigenvalue weighted by atomic mass is 10.2. The monoisotopic (exact) mass is 331 g/mol. The van der Waals surface area contributed by atoms with Crippen LogP contribution in [0.15, 0.2) is 42.6 Å². The molecule has 1 aromatic carbocycles. The summed E-state index contributed by atoms with van der Waals surface area (Å²) in [7, 11) is 0. The fraction of sp³-hybridized carbons (Fsp3) is 0.188. The van der Waals surface area contributed by atoms with Crippen LogP contribution in [0.25, 0.3) is 10.2 Å². The normalized spacial score (nSPS) is 10.8. The number of nitrogens with one attached hydrogen (secondary N) is 1. The van der Waals surface area contributed by atoms with E-state index in [4.69, 9.17) is 11.6 Å². The van der Waals surface area contributed by atoms with E-state index >= 15 is 0 Å². The molecule has 3 rings (SSSR count). The van der Waals surface area contributed by atoms with Gasteiger partial charge >= 0.3 is 0 Å². The van der Waals surface area contributed by atoms with Gasteiger partial charge in [-0.2, -0.15) is 0 Å². The molecule has 0 unspecified atom stereocenters. The van der Waals surface area contributed by atoms with Gasteiger partial charge in [-0.1, -0.05) is 29.8 Å². The molecule has 0 saturated carbocycles. The summed E-state index contributed by atoms with van der Waals surface area (Å²) in [5.74, 6) is -0.0229. The number of nitrogens with zero attached hydrogens (tertiary/aromatic N) is 2. The van der Waals surface area contributed by atoms with Gasteiger partial charge in [0.05, 0.1) is 21.6 Å². The number of amides is 1. The molecule has 0 radical (unpaired) electrons. The fourth-order valence-electron chi connectivity index (χ4n) is 2.09. The number of fused-ring (bicyclic) bond motifs is 1. The number of thiazole rings is 1. The summed E-state index contributed by atoms with van der Waals surface area (Å²) in [4.78, 5) is 20.4. The molecular formula is C16H14ClN3OS. The van der Waals surface area contributed by atoms with E-state index in [0.717, 1.165) is 22.5 Å². The molecule has 0 atom stereocenters. The number of halogens is 1. The number of carbonyl (C=O) groups is 1. The first-order valence-corrected chi connectivity index (χ1v) is 8.12. The van der Waals surface area contributed by atoms with E-state index in [-0.39, 0.29) is 5.91 Å². The van der Waals surface area contributed by atoms with Crippen LogP contribution >= 0.6 is 22.9 Å². The van der Waals surface area contributed by atoms with Crippen LogP contribution in [0.3, 0.4) is 0 Å². The number of benzene rings is 1. The number of aromatic nitrogens is 2. The third-order valence-electron chi connectivity index (χ3n) is 3.15. The first kappa shape index (κ1) is 14.9. The van der Waals surface area contributed by atoms with Gasteiger partial charge in [-0.05, 0) is 23.8 Å². The molecule has 2 heterocycles. The van der Waals surface area contributed by atoms with E-state index in [1.54, 1.807) is 23.6 Å². The van der Waals surface area contributed by atoms with Crippen molar-refractivity contribution in [3.8, 4) is 0 Å². The smallest absolute Gasteiger partial charge is 0.224 e. The molecule has 1 amide bonds. The summed E-state index contributed by atoms with van der Waals surface area (Å²) in [6.07, 6.45) is 2.67. The summed E-state index contributed by atoms with van der Waals surface area (Å²) in [6.45, 7) is 0.583. The minimum atomic E-state index is -0.0229. The van der Waals surface area contributed by atoms with Gasteiger partial charge in [0.25, 0.3) is 0 Å². The lowest BCUT2D eigenvalue weighted by molar-refractivity contribution is -0.120. The summed E-state index contributed by atoms with van der Waals surface area (Å²) in [5, 5.41) is 4.37. The second-order valence-corrected chi connectivity index (χ2v) is 6.34. The number of pyridine rings is 1. The van der Waals surface area contributed by atoms with Crippen LogP contribution in [0.4, 0.5) is 0 Å². The highest BCUT2D eigenvalue weighted by Gasteiger charge is 2.06. The Balaban J connectivity index is 1.49. The molecule has 0 saturated heterocycles. The van der Waals surface area contributed by atoms with E-state index in [2.05, 4.69) is 21.4 Å². The molecular weight excluding hydrogens is 318 g/mol. The molecule has 112 valence electrons. The Kier molecular flexibility index (Phi) is 4.65. The Morgan fingerprint density at radius 1 is 1.23 bits per heavy atom. The van der Waals surface area contributed by atoms with Gasteiger partial charge < -0.3 is 5.32 Å². The van der Waals surface area contributed by atoms with E-state index in [0.29, 0.717) is 18.1 Å². The first-order valence-electron chi connectivity index (χ1n) is 6.92. The molecule has 0 aliphatic rings. The molecule has 3 aromatic rings. The van der Waals surface area contributed by atoms with Crippen molar-refractivity contribution in [3.05, 3.63) is 58.3 Å². The number of para-hydroxylation sites is 1. The van der Waals surface area contributed by atoms with Crippen molar-refractivity contribution in [2.45, 2.75) is 12.8 Å². The second-order valence-electron chi connectivity index (χ2n) is 4.84. The Labute approximate surface area is 137 Å². The Morgan fingerprint density at radius 3 is 2.86 bits per heavy atom. The largest absolute Gasteiger partial charge is 0.355 e. The van der Waals surface area contributed by atoms with Crippen molar-refractivity contribution in [1.29, 1.82) is 0 Å². The lowest BCUT2D eigenvalue weighted by Crippen LogP contribution is -2.27. The average Bonchev–Trinajstić information content (AvgIpc) is 2.92. The van der Waals surface area contributed by atoms with Crippen LogP contribution in [-0.2, 0) is 17.6 Å². The lowest BCUT2D eigenvalue weighted by Gasteiger charge is -2.04. The SMILES string of the molecule is O=C(Cc1ccc(Cl)nc1)NCCc1nc2ccccc2s1. The third kappa shape index (κ3) is 3.81. The maximum atomic E-state index is 11.9. The molecule has 22 heavy (non-hydrogen) atoms. The summed E-state index contributed by atoms with van der Waals surface area (Å²) < 4.78 is 1.18. The van der Waals surface area contributed by atoms with Crippen molar-refractivity contribution in [1.82, 2.24) is 15.3 Å². The van der Waals surface area contributed by atoms with Crippen LogP contribution in [0, 0.1) is 0 Å². The minimum absolute atomic E-state index is 0.0229. The molecule has 0 fully saturated rings. The summed E-state index contributed by atoms with van der Waals surface area (Å²) in [6, 6.07) is 11.5. The second kappa shape index (κ2) is 6.85. The van der Waals surface area contributed by atoms with Gasteiger partial charge in [-0.25, -0.2) is 9.97 Å². The highest BCUT2D eigenvalue weighted by Crippen LogP contribution is 2.21. The van der Waals surface area contributed by atoms with Gasteiger partial charge in [-0.15, -0.1) is 11.3 Å². The molecule has 6 heteroatoms. The van der Waals surface area contributed by atoms with Crippen LogP contribution in [-0.4, -0.2) is 22.4 Å². The predicted molar refractivity (Wildman–Crippen MR) is 89.3 cm³/mol. The molecule has 0 aliphatic heterocycles. The highest BCUT2D eigenvalue weighted by molar-refractivity contribution is 7.18. The topological polar surface area (TPSA) is 54.9 Å². The van der Waals surface area contributed by atoms with Gasteiger partial charge in [0.2, 0.25) is 5.91 Å². The average molecular weight is 332 g/mol. The van der Waals surface area contributed by atoms with Crippen molar-refractivity contribution < 1.29 is 4.79 Å². The maximum Gasteiger partial charge on any atom is 0.224 e. The zero-order valence-electron chi connectivity index (χ0n) is 11.8. The number of rotatable bonds is 5. The summed E-state index contributed by atoms with van der Waals surface area (Å²) >= 11 is 7.38. The van der Waals surface area contributed by atoms with Gasteiger partial charge in [0.1, 0.15) is 5.15 Å². The van der Waals surface area contributed by atoms with Crippen LogP contribution < -0.4 is 5.32 Å². The fourth-order valence-corrected chi connectivity index (χ4v) is 3.17. The standard InChI is InChI=1S/C16H14ClN3OS/c17-14-6-5-11(10-19-14)9-15(21)18-8-7-16-20-12-3-1-2-4-13(12)22-16/h1-6,10H,7-9H2,(H,18,21). The van der Waals surface area contributed by atoms with E-state index < -0.39 is 0 Å². The van der Waals surface area contributed by atoms with Crippen molar-refractivity contribution in [2.75, 3.05) is 6.54 Å². The van der Waals surface area contributed by atoms with Crippen LogP contribution in [0.2, 0.25) is 5.15 Å². The molecule has 1 N–H and O–H groups in total. The van der Waals surface area contributed by atoms with Gasteiger partial charge in [0, 0.05) is 19.2 Å². The van der Waals surface area contributed by atoms with Crippen molar-refractivity contribution in [3.63, 3.8) is 0 Å². The zero-order chi connectivity index (χ0) is 15.4. The molecule has 0 spiro atoms. The van der Waals surface area contributed by atoms with E-state index in [1.807, 2.05) is 24.3 Å². The Morgan fingerprint density at radius 2 is 2.09 bits per heavy atom. The molecule has 2 aromatic heterocycles. The van der Waals surface area contributed by atoms with Crippen molar-refractivity contribution >= 4 is 39.1 Å². The summed E-state index contributed by atoms with van der Waals surface area (Å²) in [5.41, 5.74) is 1.86. The molecule has 0 aliphatic carbocycles. The Bertz CT molecular complexity index is 752. The van der Waals surface area contributed by atoms with Gasteiger partial charge in [0.15, 0.2) is 0 Å². The van der Waals surface area contributed by atoms with Gasteiger partial charge in [-0.3, -0.25) is 4.79 Å². The number of carbonyl (C=O) groups excluding carboxylic acids is 1. The van der Waals surface area contributed by atoms with E-state index in [9.17, 15) is 4.79 Å². The molecule has 4 nitrogen and oxygen atoms in total. The zero-order valence-corrected chi connectivity index (χ0v) is 13.3. The third-order valence-corrected chi connectivity index (χ3v) is 4.47. The van der Waals surface area contributed by atoms with Crippen LogP contribution in [0.5, 0.6) is 0 Å². The Hall–Kier alpha value is -1.98. The predicted octanol–water partition coefficient (Wildman–Crippen LogP) is 3.25. The minimum Gasteiger partial charge on any atom is -0.355 e. The van der Waals surface area contributed by atoms with E-state index in [1.165, 1.54) is 4.70 Å². The quantitative estimate of drug-likeness (QED) is 0.730. The van der Waals surface area contributed by atoms with Crippen LogP contribution in [0.1, 0.15) is 10.6 Å². The number of hydrogen-bond acceptors (Lipinski definition) is 4. The maximum absolute atomic E-state index is 11.9. The highest BCUT2D eigenvalue weighted by atomic mass is 35.5.